The van der Waals surface area contributed by atoms with E-state index in [9.17, 15) is 0 Å². The SMILES string of the molecule is Cl.N[C@@H](c1sccc1Br)C1CCNCC1. The monoisotopic (exact) mass is 310 g/mol. The topological polar surface area (TPSA) is 38.0 Å². The summed E-state index contributed by atoms with van der Waals surface area (Å²) >= 11 is 5.31. The van der Waals surface area contributed by atoms with E-state index in [0.29, 0.717) is 5.92 Å². The smallest absolute Gasteiger partial charge is 0.0430 e. The quantitative estimate of drug-likeness (QED) is 0.881. The van der Waals surface area contributed by atoms with Crippen LogP contribution < -0.4 is 11.1 Å². The number of piperidine rings is 1. The van der Waals surface area contributed by atoms with Gasteiger partial charge in [0.25, 0.3) is 0 Å². The third-order valence-electron chi connectivity index (χ3n) is 2.84. The largest absolute Gasteiger partial charge is 0.323 e. The van der Waals surface area contributed by atoms with E-state index in [0.717, 1.165) is 13.1 Å². The lowest BCUT2D eigenvalue weighted by molar-refractivity contribution is 0.324. The van der Waals surface area contributed by atoms with Crippen molar-refractivity contribution in [1.82, 2.24) is 5.32 Å². The summed E-state index contributed by atoms with van der Waals surface area (Å²) < 4.78 is 1.17. The number of thiophene rings is 1. The van der Waals surface area contributed by atoms with Crippen LogP contribution in [0.2, 0.25) is 0 Å². The highest BCUT2D eigenvalue weighted by molar-refractivity contribution is 9.10. The van der Waals surface area contributed by atoms with Gasteiger partial charge in [0.2, 0.25) is 0 Å². The number of hydrogen-bond acceptors (Lipinski definition) is 3. The number of nitrogens with one attached hydrogen (secondary N) is 1. The summed E-state index contributed by atoms with van der Waals surface area (Å²) in [6.07, 6.45) is 2.40. The predicted molar refractivity (Wildman–Crippen MR) is 71.8 cm³/mol. The fourth-order valence-electron chi connectivity index (χ4n) is 1.96. The highest BCUT2D eigenvalue weighted by Crippen LogP contribution is 2.34. The minimum atomic E-state index is 0. The van der Waals surface area contributed by atoms with E-state index in [4.69, 9.17) is 5.73 Å². The molecular formula is C10H16BrClN2S. The van der Waals surface area contributed by atoms with Crippen LogP contribution >= 0.6 is 39.7 Å². The zero-order chi connectivity index (χ0) is 9.97. The highest BCUT2D eigenvalue weighted by atomic mass is 79.9. The van der Waals surface area contributed by atoms with Crippen LogP contribution in [-0.4, -0.2) is 13.1 Å². The van der Waals surface area contributed by atoms with Gasteiger partial charge in [0, 0.05) is 15.4 Å². The molecule has 0 saturated carbocycles. The second-order valence-corrected chi connectivity index (χ2v) is 5.55. The van der Waals surface area contributed by atoms with Gasteiger partial charge in [0.1, 0.15) is 0 Å². The molecule has 2 rings (SSSR count). The van der Waals surface area contributed by atoms with Crippen molar-refractivity contribution in [3.63, 3.8) is 0 Å². The molecule has 1 aliphatic heterocycles. The molecule has 0 amide bonds. The summed E-state index contributed by atoms with van der Waals surface area (Å²) in [7, 11) is 0. The van der Waals surface area contributed by atoms with Gasteiger partial charge in [0.15, 0.2) is 0 Å². The van der Waals surface area contributed by atoms with Crippen LogP contribution in [0.25, 0.3) is 0 Å². The van der Waals surface area contributed by atoms with Crippen LogP contribution in [0.1, 0.15) is 23.8 Å². The van der Waals surface area contributed by atoms with Gasteiger partial charge in [0.05, 0.1) is 0 Å². The Labute approximate surface area is 109 Å². The molecule has 5 heteroatoms. The second kappa shape index (κ2) is 6.21. The maximum absolute atomic E-state index is 6.27. The molecule has 1 fully saturated rings. The van der Waals surface area contributed by atoms with Gasteiger partial charge < -0.3 is 11.1 Å². The molecule has 1 aromatic rings. The molecule has 0 aromatic carbocycles. The van der Waals surface area contributed by atoms with Crippen LogP contribution in [0.5, 0.6) is 0 Å². The van der Waals surface area contributed by atoms with E-state index in [1.165, 1.54) is 22.2 Å². The van der Waals surface area contributed by atoms with Crippen LogP contribution in [0.15, 0.2) is 15.9 Å². The predicted octanol–water partition coefficient (Wildman–Crippen LogP) is 2.93. The van der Waals surface area contributed by atoms with Crippen molar-refractivity contribution in [2.75, 3.05) is 13.1 Å². The van der Waals surface area contributed by atoms with Gasteiger partial charge in [-0.25, -0.2) is 0 Å². The first-order valence-electron chi connectivity index (χ1n) is 4.98. The average Bonchev–Trinajstić information content (AvgIpc) is 2.65. The van der Waals surface area contributed by atoms with Crippen LogP contribution in [0, 0.1) is 5.92 Å². The van der Waals surface area contributed by atoms with Gasteiger partial charge >= 0.3 is 0 Å². The van der Waals surface area contributed by atoms with E-state index >= 15 is 0 Å². The summed E-state index contributed by atoms with van der Waals surface area (Å²) in [6.45, 7) is 2.22. The van der Waals surface area contributed by atoms with Crippen molar-refractivity contribution in [1.29, 1.82) is 0 Å². The summed E-state index contributed by atoms with van der Waals surface area (Å²) in [5.41, 5.74) is 6.27. The van der Waals surface area contributed by atoms with Crippen LogP contribution in [0.4, 0.5) is 0 Å². The Hall–Kier alpha value is 0.390. The molecule has 1 saturated heterocycles. The van der Waals surface area contributed by atoms with Crippen molar-refractivity contribution in [3.05, 3.63) is 20.8 Å². The van der Waals surface area contributed by atoms with Crippen molar-refractivity contribution in [2.45, 2.75) is 18.9 Å². The Morgan fingerprint density at radius 3 is 2.67 bits per heavy atom. The van der Waals surface area contributed by atoms with Crippen LogP contribution in [-0.2, 0) is 0 Å². The molecule has 0 spiro atoms. The molecule has 1 atom stereocenters. The molecular weight excluding hydrogens is 296 g/mol. The Morgan fingerprint density at radius 1 is 1.47 bits per heavy atom. The summed E-state index contributed by atoms with van der Waals surface area (Å²) in [5.74, 6) is 0.645. The zero-order valence-electron chi connectivity index (χ0n) is 8.41. The van der Waals surface area contributed by atoms with Crippen molar-refractivity contribution in [3.8, 4) is 0 Å². The maximum atomic E-state index is 6.27. The van der Waals surface area contributed by atoms with E-state index in [1.807, 2.05) is 0 Å². The number of nitrogens with two attached hydrogens (primary N) is 1. The standard InChI is InChI=1S/C10H15BrN2S.ClH/c11-8-3-6-14-10(8)9(12)7-1-4-13-5-2-7;/h3,6-7,9,13H,1-2,4-5,12H2;1H/t9-;/m1./s1. The second-order valence-electron chi connectivity index (χ2n) is 3.75. The molecule has 2 nitrogen and oxygen atoms in total. The van der Waals surface area contributed by atoms with E-state index in [1.54, 1.807) is 11.3 Å². The third-order valence-corrected chi connectivity index (χ3v) is 4.81. The lowest BCUT2D eigenvalue weighted by atomic mass is 9.90. The molecule has 1 aromatic heterocycles. The Bertz CT molecular complexity index is 299. The molecule has 2 heterocycles. The Balaban J connectivity index is 0.00000112. The average molecular weight is 312 g/mol. The summed E-state index contributed by atoms with van der Waals surface area (Å²) in [5, 5.41) is 5.46. The number of rotatable bonds is 2. The molecule has 3 N–H and O–H groups in total. The van der Waals surface area contributed by atoms with Crippen molar-refractivity contribution in [2.24, 2.45) is 11.7 Å². The first kappa shape index (κ1) is 13.5. The molecule has 0 radical (unpaired) electrons. The fourth-order valence-corrected chi connectivity index (χ4v) is 3.69. The number of halogens is 2. The summed E-state index contributed by atoms with van der Waals surface area (Å²) in [4.78, 5) is 1.30. The van der Waals surface area contributed by atoms with Crippen molar-refractivity contribution >= 4 is 39.7 Å². The minimum absolute atomic E-state index is 0. The zero-order valence-corrected chi connectivity index (χ0v) is 11.6. The lowest BCUT2D eigenvalue weighted by Crippen LogP contribution is -2.33. The van der Waals surface area contributed by atoms with Gasteiger partial charge in [-0.15, -0.1) is 23.7 Å². The molecule has 0 aliphatic carbocycles. The normalized spacial score (nSPS) is 19.6. The molecule has 86 valence electrons. The Kier molecular flexibility index (Phi) is 5.57. The number of hydrogen-bond donors (Lipinski definition) is 2. The maximum Gasteiger partial charge on any atom is 0.0430 e. The van der Waals surface area contributed by atoms with Crippen LogP contribution in [0.3, 0.4) is 0 Å². The van der Waals surface area contributed by atoms with Gasteiger partial charge in [-0.1, -0.05) is 0 Å². The highest BCUT2D eigenvalue weighted by Gasteiger charge is 2.23. The van der Waals surface area contributed by atoms with Crippen molar-refractivity contribution < 1.29 is 0 Å². The molecule has 0 bridgehead atoms. The van der Waals surface area contributed by atoms with E-state index in [-0.39, 0.29) is 18.4 Å². The Morgan fingerprint density at radius 2 is 2.13 bits per heavy atom. The fraction of sp³-hybridized carbons (Fsp3) is 0.600. The third kappa shape index (κ3) is 3.17. The minimum Gasteiger partial charge on any atom is -0.323 e. The van der Waals surface area contributed by atoms with Gasteiger partial charge in [-0.05, 0) is 59.2 Å². The molecule has 0 unspecified atom stereocenters. The van der Waals surface area contributed by atoms with E-state index in [2.05, 4.69) is 32.7 Å². The summed E-state index contributed by atoms with van der Waals surface area (Å²) in [6, 6.07) is 2.30. The van der Waals surface area contributed by atoms with Gasteiger partial charge in [-0.3, -0.25) is 0 Å². The first-order valence-corrected chi connectivity index (χ1v) is 6.65. The van der Waals surface area contributed by atoms with Gasteiger partial charge in [-0.2, -0.15) is 0 Å². The lowest BCUT2D eigenvalue weighted by Gasteiger charge is -2.27. The first-order chi connectivity index (χ1) is 6.79. The van der Waals surface area contributed by atoms with E-state index < -0.39 is 0 Å². The molecule has 15 heavy (non-hydrogen) atoms. The molecule has 1 aliphatic rings.